The molecular weight excluding hydrogens is 139 g/mol. The predicted molar refractivity (Wildman–Crippen MR) is 23.8 cm³/mol. The molecule has 0 saturated carbocycles. The van der Waals surface area contributed by atoms with E-state index >= 15 is 0 Å². The SMILES string of the molecule is CC(=O)O.C[CH2][Ni]. The molecule has 3 heteroatoms. The fourth-order valence-corrected chi connectivity index (χ4v) is 0. The second-order valence-electron chi connectivity index (χ2n) is 0.743. The van der Waals surface area contributed by atoms with Gasteiger partial charge in [0.05, 0.1) is 0 Å². The van der Waals surface area contributed by atoms with Crippen LogP contribution in [0.5, 0.6) is 0 Å². The summed E-state index contributed by atoms with van der Waals surface area (Å²) >= 11 is 4.17. The summed E-state index contributed by atoms with van der Waals surface area (Å²) in [6.07, 6.45) is 0. The summed E-state index contributed by atoms with van der Waals surface area (Å²) in [5.41, 5.74) is 0. The van der Waals surface area contributed by atoms with Gasteiger partial charge in [0.1, 0.15) is 0 Å². The number of carboxylic acid groups (broad SMARTS) is 1. The Hall–Kier alpha value is -0.0365. The van der Waals surface area contributed by atoms with Crippen molar-refractivity contribution in [2.45, 2.75) is 19.2 Å². The molecule has 0 aromatic carbocycles. The fourth-order valence-electron chi connectivity index (χ4n) is 0. The number of hydrogen-bond acceptors (Lipinski definition) is 1. The van der Waals surface area contributed by atoms with Crippen LogP contribution in [0.25, 0.3) is 0 Å². The number of carboxylic acids is 1. The number of rotatable bonds is 0. The van der Waals surface area contributed by atoms with E-state index in [9.17, 15) is 0 Å². The minimum atomic E-state index is -0.833. The van der Waals surface area contributed by atoms with Crippen molar-refractivity contribution in [1.82, 2.24) is 0 Å². The molecule has 0 aliphatic heterocycles. The molecule has 7 heavy (non-hydrogen) atoms. The van der Waals surface area contributed by atoms with Crippen molar-refractivity contribution in [1.29, 1.82) is 0 Å². The Balaban J connectivity index is 0. The van der Waals surface area contributed by atoms with E-state index in [2.05, 4.69) is 15.5 Å². The second-order valence-corrected chi connectivity index (χ2v) is 1.44. The van der Waals surface area contributed by atoms with E-state index in [0.29, 0.717) is 0 Å². The molecule has 0 radical (unpaired) electrons. The Labute approximate surface area is 51.3 Å². The van der Waals surface area contributed by atoms with Crippen LogP contribution in [-0.4, -0.2) is 11.1 Å². The van der Waals surface area contributed by atoms with Crippen molar-refractivity contribution in [2.24, 2.45) is 0 Å². The standard InChI is InChI=1S/C2H4O2.C2H5.Ni/c1-2(3)4;1-2;/h1H3,(H,3,4);1H2,2H3;. The van der Waals surface area contributed by atoms with Crippen LogP contribution in [-0.2, 0) is 20.3 Å². The fraction of sp³-hybridized carbons (Fsp3) is 0.750. The second kappa shape index (κ2) is 9.35. The van der Waals surface area contributed by atoms with Crippen LogP contribution in [0.4, 0.5) is 0 Å². The van der Waals surface area contributed by atoms with E-state index in [-0.39, 0.29) is 0 Å². The molecule has 0 amide bonds. The van der Waals surface area contributed by atoms with E-state index in [1.807, 2.05) is 6.92 Å². The summed E-state index contributed by atoms with van der Waals surface area (Å²) in [5.74, 6) is -0.833. The summed E-state index contributed by atoms with van der Waals surface area (Å²) in [5, 5.41) is 8.29. The Bertz CT molecular complexity index is 41.0. The molecule has 0 heterocycles. The Morgan fingerprint density at radius 2 is 1.86 bits per heavy atom. The summed E-state index contributed by atoms with van der Waals surface area (Å²) < 4.78 is 0. The minimum absolute atomic E-state index is 0.833. The van der Waals surface area contributed by atoms with Gasteiger partial charge in [-0.1, -0.05) is 0 Å². The molecule has 0 aromatic rings. The average molecular weight is 148 g/mol. The molecule has 2 nitrogen and oxygen atoms in total. The van der Waals surface area contributed by atoms with E-state index < -0.39 is 5.97 Å². The van der Waals surface area contributed by atoms with Crippen molar-refractivity contribution in [2.75, 3.05) is 0 Å². The van der Waals surface area contributed by atoms with Crippen LogP contribution in [0.1, 0.15) is 13.8 Å². The summed E-state index contributed by atoms with van der Waals surface area (Å²) in [6, 6.07) is 0. The molecule has 0 aromatic heterocycles. The molecule has 47 valence electrons. The first kappa shape index (κ1) is 10.1. The van der Waals surface area contributed by atoms with Gasteiger partial charge >= 0.3 is 27.8 Å². The summed E-state index contributed by atoms with van der Waals surface area (Å²) in [7, 11) is 0. The molecule has 1 N–H and O–H groups in total. The van der Waals surface area contributed by atoms with Crippen LogP contribution in [0.15, 0.2) is 0 Å². The maximum atomic E-state index is 9.00. The van der Waals surface area contributed by atoms with Gasteiger partial charge in [-0.15, -0.1) is 0 Å². The molecule has 0 atom stereocenters. The molecule has 0 fully saturated rings. The molecule has 0 spiro atoms. The maximum absolute atomic E-state index is 9.00. The van der Waals surface area contributed by atoms with Crippen molar-refractivity contribution < 1.29 is 25.4 Å². The number of carbonyl (C=O) groups is 1. The van der Waals surface area contributed by atoms with Crippen molar-refractivity contribution in [3.8, 4) is 0 Å². The van der Waals surface area contributed by atoms with Crippen LogP contribution in [0.3, 0.4) is 0 Å². The first-order valence-electron chi connectivity index (χ1n) is 1.86. The molecule has 0 aliphatic carbocycles. The van der Waals surface area contributed by atoms with Crippen LogP contribution >= 0.6 is 0 Å². The van der Waals surface area contributed by atoms with Gasteiger partial charge < -0.3 is 5.11 Å². The molecule has 0 aliphatic rings. The van der Waals surface area contributed by atoms with Crippen molar-refractivity contribution >= 4 is 5.97 Å². The van der Waals surface area contributed by atoms with Gasteiger partial charge in [0.2, 0.25) is 0 Å². The van der Waals surface area contributed by atoms with Gasteiger partial charge in [0.15, 0.2) is 0 Å². The van der Waals surface area contributed by atoms with E-state index in [1.165, 1.54) is 0 Å². The van der Waals surface area contributed by atoms with E-state index in [4.69, 9.17) is 9.90 Å². The van der Waals surface area contributed by atoms with Gasteiger partial charge in [-0.2, -0.15) is 0 Å². The normalized spacial score (nSPS) is 6.29. The monoisotopic (exact) mass is 147 g/mol. The molecule has 0 rings (SSSR count). The molecule has 0 bridgehead atoms. The first-order valence-corrected chi connectivity index (χ1v) is 2.56. The third kappa shape index (κ3) is 70300. The quantitative estimate of drug-likeness (QED) is 0.521. The van der Waals surface area contributed by atoms with E-state index in [0.717, 1.165) is 12.3 Å². The Morgan fingerprint density at radius 3 is 1.86 bits per heavy atom. The zero-order valence-electron chi connectivity index (χ0n) is 4.38. The number of aliphatic carboxylic acids is 1. The van der Waals surface area contributed by atoms with Crippen molar-refractivity contribution in [3.05, 3.63) is 0 Å². The van der Waals surface area contributed by atoms with Gasteiger partial charge in [0.25, 0.3) is 5.97 Å². The van der Waals surface area contributed by atoms with Gasteiger partial charge in [-0.05, 0) is 0 Å². The van der Waals surface area contributed by atoms with Crippen LogP contribution < -0.4 is 0 Å². The molecular formula is C4H9NiO2. The van der Waals surface area contributed by atoms with Gasteiger partial charge in [-0.25, -0.2) is 0 Å². The first-order chi connectivity index (χ1) is 3.15. The third-order valence-electron chi connectivity index (χ3n) is 0. The number of hydrogen-bond donors (Lipinski definition) is 1. The summed E-state index contributed by atoms with van der Waals surface area (Å²) in [4.78, 5) is 9.00. The zero-order valence-corrected chi connectivity index (χ0v) is 5.37. The topological polar surface area (TPSA) is 37.3 Å². The van der Waals surface area contributed by atoms with Gasteiger partial charge in [0, 0.05) is 6.92 Å². The van der Waals surface area contributed by atoms with Crippen molar-refractivity contribution in [3.63, 3.8) is 0 Å². The van der Waals surface area contributed by atoms with Gasteiger partial charge in [-0.3, -0.25) is 4.79 Å². The predicted octanol–water partition coefficient (Wildman–Crippen LogP) is 1.06. The summed E-state index contributed by atoms with van der Waals surface area (Å²) in [6.45, 7) is 3.04. The Kier molecular flexibility index (Phi) is 13.4. The van der Waals surface area contributed by atoms with E-state index in [1.54, 1.807) is 0 Å². The molecule has 0 unspecified atom stereocenters. The average Bonchev–Trinajstić information content (AvgIpc) is 1.33. The Morgan fingerprint density at radius 1 is 1.86 bits per heavy atom. The third-order valence-corrected chi connectivity index (χ3v) is 0. The zero-order chi connectivity index (χ0) is 6.28. The van der Waals surface area contributed by atoms with Crippen LogP contribution in [0, 0.1) is 0 Å². The van der Waals surface area contributed by atoms with Crippen LogP contribution in [0.2, 0.25) is 5.39 Å². The molecule has 0 saturated heterocycles.